The van der Waals surface area contributed by atoms with Gasteiger partial charge < -0.3 is 20.5 Å². The molecular weight excluding hydrogens is 483 g/mol. The van der Waals surface area contributed by atoms with E-state index in [1.807, 2.05) is 6.92 Å². The van der Waals surface area contributed by atoms with Crippen molar-refractivity contribution in [3.05, 3.63) is 45.3 Å². The van der Waals surface area contributed by atoms with Gasteiger partial charge >= 0.3 is 5.97 Å². The zero-order chi connectivity index (χ0) is 23.3. The molecule has 1 fully saturated rings. The number of amidine groups is 2. The Morgan fingerprint density at radius 1 is 1.56 bits per heavy atom. The Bertz CT molecular complexity index is 980. The second kappa shape index (κ2) is 10.8. The summed E-state index contributed by atoms with van der Waals surface area (Å²) in [6, 6.07) is 3.33. The van der Waals surface area contributed by atoms with Crippen molar-refractivity contribution >= 4 is 39.9 Å². The average Bonchev–Trinajstić information content (AvgIpc) is 2.73. The van der Waals surface area contributed by atoms with E-state index in [-0.39, 0.29) is 24.4 Å². The number of hydrogen-bond acceptors (Lipinski definition) is 7. The minimum Gasteiger partial charge on any atom is -0.463 e. The fourth-order valence-electron chi connectivity index (χ4n) is 3.63. The molecule has 0 saturated carbocycles. The third-order valence-electron chi connectivity index (χ3n) is 5.01. The maximum Gasteiger partial charge on any atom is 0.338 e. The van der Waals surface area contributed by atoms with Crippen LogP contribution < -0.4 is 11.1 Å². The van der Waals surface area contributed by atoms with Gasteiger partial charge in [0.25, 0.3) is 0 Å². The highest BCUT2D eigenvalue weighted by Gasteiger charge is 2.35. The smallest absolute Gasteiger partial charge is 0.338 e. The van der Waals surface area contributed by atoms with E-state index in [0.717, 1.165) is 6.34 Å². The number of ether oxygens (including phenoxy) is 2. The largest absolute Gasteiger partial charge is 0.463 e. The minimum absolute atomic E-state index is 0.0503. The summed E-state index contributed by atoms with van der Waals surface area (Å²) < 4.78 is 25.2. The molecule has 0 aliphatic carbocycles. The van der Waals surface area contributed by atoms with Gasteiger partial charge in [0.1, 0.15) is 11.9 Å². The second-order valence-electron chi connectivity index (χ2n) is 7.33. The summed E-state index contributed by atoms with van der Waals surface area (Å²) in [5.74, 6) is -0.999. The molecule has 9 nitrogen and oxygen atoms in total. The van der Waals surface area contributed by atoms with Crippen molar-refractivity contribution in [2.45, 2.75) is 26.0 Å². The summed E-state index contributed by atoms with van der Waals surface area (Å²) in [5.41, 5.74) is 6.77. The summed E-state index contributed by atoms with van der Waals surface area (Å²) in [7, 11) is 0. The lowest BCUT2D eigenvalue weighted by Gasteiger charge is -2.34. The van der Waals surface area contributed by atoms with Crippen molar-refractivity contribution in [1.82, 2.24) is 10.2 Å². The number of nitrogens with two attached hydrogens (primary N) is 1. The van der Waals surface area contributed by atoms with Crippen LogP contribution in [-0.2, 0) is 14.3 Å². The van der Waals surface area contributed by atoms with Crippen LogP contribution in [0.4, 0.5) is 4.39 Å². The summed E-state index contributed by atoms with van der Waals surface area (Å²) >= 11 is 3.38. The molecule has 2 atom stereocenters. The molecule has 0 spiro atoms. The van der Waals surface area contributed by atoms with Gasteiger partial charge in [0, 0.05) is 29.8 Å². The first kappa shape index (κ1) is 24.0. The maximum atomic E-state index is 13.8. The Morgan fingerprint density at radius 2 is 2.34 bits per heavy atom. The van der Waals surface area contributed by atoms with Crippen LogP contribution in [0.25, 0.3) is 0 Å². The summed E-state index contributed by atoms with van der Waals surface area (Å²) in [5, 5.41) is 11.3. The number of carbonyl (C=O) groups is 1. The monoisotopic (exact) mass is 508 g/mol. The summed E-state index contributed by atoms with van der Waals surface area (Å²) in [6.07, 6.45) is 1.05. The lowest BCUT2D eigenvalue weighted by Crippen LogP contribution is -2.46. The van der Waals surface area contributed by atoms with Gasteiger partial charge in [0.15, 0.2) is 11.7 Å². The predicted molar refractivity (Wildman–Crippen MR) is 123 cm³/mol. The van der Waals surface area contributed by atoms with Crippen molar-refractivity contribution < 1.29 is 18.7 Å². The number of halogens is 2. The van der Waals surface area contributed by atoms with Gasteiger partial charge in [-0.3, -0.25) is 15.3 Å². The number of rotatable bonds is 6. The average molecular weight is 509 g/mol. The van der Waals surface area contributed by atoms with Crippen LogP contribution in [0.2, 0.25) is 0 Å². The first-order valence-corrected chi connectivity index (χ1v) is 11.0. The summed E-state index contributed by atoms with van der Waals surface area (Å²) in [6.45, 7) is 6.21. The van der Waals surface area contributed by atoms with Gasteiger partial charge in [-0.15, -0.1) is 0 Å². The molecule has 32 heavy (non-hydrogen) atoms. The number of esters is 1. The fourth-order valence-corrected chi connectivity index (χ4v) is 4.20. The molecule has 1 unspecified atom stereocenters. The molecule has 0 bridgehead atoms. The second-order valence-corrected chi connectivity index (χ2v) is 8.18. The summed E-state index contributed by atoms with van der Waals surface area (Å²) in [4.78, 5) is 23.6. The topological polar surface area (TPSA) is 125 Å². The molecule has 2 heterocycles. The predicted octanol–water partition coefficient (Wildman–Crippen LogP) is 2.13. The van der Waals surface area contributed by atoms with Crippen LogP contribution >= 0.6 is 15.9 Å². The van der Waals surface area contributed by atoms with E-state index in [0.29, 0.717) is 47.5 Å². The van der Waals surface area contributed by atoms with Crippen molar-refractivity contribution in [3.8, 4) is 0 Å². The molecular formula is C21H26BrFN6O3. The van der Waals surface area contributed by atoms with Crippen LogP contribution in [0.1, 0.15) is 25.5 Å². The molecule has 172 valence electrons. The Kier molecular flexibility index (Phi) is 8.10. The van der Waals surface area contributed by atoms with Crippen LogP contribution in [0.15, 0.2) is 43.9 Å². The number of nitrogens with zero attached hydrogens (tertiary/aromatic N) is 3. The Morgan fingerprint density at radius 3 is 3.00 bits per heavy atom. The van der Waals surface area contributed by atoms with Crippen LogP contribution in [0.5, 0.6) is 0 Å². The zero-order valence-electron chi connectivity index (χ0n) is 17.9. The number of hydrogen-bond donors (Lipinski definition) is 3. The number of nitrogens with one attached hydrogen (secondary N) is 2. The molecule has 11 heteroatoms. The van der Waals surface area contributed by atoms with E-state index >= 15 is 0 Å². The minimum atomic E-state index is -0.831. The van der Waals surface area contributed by atoms with Gasteiger partial charge in [-0.25, -0.2) is 14.2 Å². The molecule has 0 aromatic heterocycles. The Labute approximate surface area is 194 Å². The molecule has 4 N–H and O–H groups in total. The maximum absolute atomic E-state index is 13.8. The lowest BCUT2D eigenvalue weighted by atomic mass is 9.95. The SMILES string of the molecule is CCOC(=O)C1=C(CN2CCO[C@@H](C)C2)NC(C(=N)/N=C\N)=NC1c1ccc(F)cc1Br. The van der Waals surface area contributed by atoms with E-state index in [1.54, 1.807) is 13.0 Å². The molecule has 0 radical (unpaired) electrons. The standard InChI is InChI=1S/C21H26BrFN6O3/c1-3-31-21(30)17-16(10-29-6-7-32-12(2)9-29)27-20(19(25)26-11-24)28-18(17)14-5-4-13(23)8-15(14)22/h4-5,8,11-12,18H,3,6-7,9-10H2,1-2H3,(H,27,28)(H3,24,25,26)/t12-,18?/m0/s1. The van der Waals surface area contributed by atoms with Gasteiger partial charge in [-0.1, -0.05) is 22.0 Å². The normalized spacial score (nSPS) is 21.9. The lowest BCUT2D eigenvalue weighted by molar-refractivity contribution is -0.139. The van der Waals surface area contributed by atoms with Crippen LogP contribution in [0, 0.1) is 11.2 Å². The Balaban J connectivity index is 2.11. The molecule has 0 amide bonds. The molecule has 1 saturated heterocycles. The fraction of sp³-hybridized carbons (Fsp3) is 0.429. The van der Waals surface area contributed by atoms with E-state index in [1.165, 1.54) is 12.1 Å². The van der Waals surface area contributed by atoms with Gasteiger partial charge in [-0.2, -0.15) is 0 Å². The zero-order valence-corrected chi connectivity index (χ0v) is 19.5. The van der Waals surface area contributed by atoms with E-state index in [9.17, 15) is 9.18 Å². The first-order chi connectivity index (χ1) is 15.3. The third-order valence-corrected chi connectivity index (χ3v) is 5.70. The molecule has 3 rings (SSSR count). The molecule has 1 aromatic carbocycles. The van der Waals surface area contributed by atoms with Gasteiger partial charge in [0.2, 0.25) is 0 Å². The van der Waals surface area contributed by atoms with Gasteiger partial charge in [0.05, 0.1) is 31.2 Å². The van der Waals surface area contributed by atoms with Crippen molar-refractivity contribution in [1.29, 1.82) is 5.41 Å². The van der Waals surface area contributed by atoms with E-state index in [4.69, 9.17) is 20.6 Å². The molecule has 1 aromatic rings. The first-order valence-electron chi connectivity index (χ1n) is 10.2. The highest BCUT2D eigenvalue weighted by Crippen LogP contribution is 2.36. The van der Waals surface area contributed by atoms with Gasteiger partial charge in [-0.05, 0) is 31.5 Å². The Hall–Kier alpha value is -2.63. The number of aliphatic imine (C=N–C) groups is 2. The van der Waals surface area contributed by atoms with Crippen molar-refractivity contribution in [2.24, 2.45) is 15.7 Å². The number of morpholine rings is 1. The number of carbonyl (C=O) groups excluding carboxylic acids is 1. The van der Waals surface area contributed by atoms with Crippen LogP contribution in [-0.4, -0.2) is 67.8 Å². The number of benzene rings is 1. The molecule has 2 aliphatic heterocycles. The quantitative estimate of drug-likeness (QED) is 0.307. The highest BCUT2D eigenvalue weighted by molar-refractivity contribution is 9.10. The highest BCUT2D eigenvalue weighted by atomic mass is 79.9. The third kappa shape index (κ3) is 5.59. The van der Waals surface area contributed by atoms with E-state index in [2.05, 4.69) is 36.1 Å². The van der Waals surface area contributed by atoms with E-state index < -0.39 is 17.8 Å². The molecule has 2 aliphatic rings. The van der Waals surface area contributed by atoms with Crippen molar-refractivity contribution in [3.63, 3.8) is 0 Å². The van der Waals surface area contributed by atoms with Crippen LogP contribution in [0.3, 0.4) is 0 Å². The van der Waals surface area contributed by atoms with Crippen molar-refractivity contribution in [2.75, 3.05) is 32.8 Å².